The molecule has 2 aromatic rings. The van der Waals surface area contributed by atoms with Crippen LogP contribution in [0.25, 0.3) is 0 Å². The van der Waals surface area contributed by atoms with Crippen molar-refractivity contribution in [3.8, 4) is 11.5 Å². The van der Waals surface area contributed by atoms with Crippen LogP contribution in [0, 0.1) is 5.82 Å². The summed E-state index contributed by atoms with van der Waals surface area (Å²) < 4.78 is 19.2. The average Bonchev–Trinajstić information content (AvgIpc) is 2.35. The Labute approximate surface area is 117 Å². The van der Waals surface area contributed by atoms with Gasteiger partial charge in [-0.3, -0.25) is 0 Å². The van der Waals surface area contributed by atoms with Crippen LogP contribution in [-0.4, -0.2) is 6.04 Å². The van der Waals surface area contributed by atoms with Crippen LogP contribution in [0.2, 0.25) is 5.02 Å². The van der Waals surface area contributed by atoms with Gasteiger partial charge in [0, 0.05) is 11.1 Å². The molecular weight excluding hydrogens is 265 g/mol. The van der Waals surface area contributed by atoms with E-state index in [4.69, 9.17) is 22.1 Å². The lowest BCUT2D eigenvalue weighted by atomic mass is 10.1. The number of rotatable bonds is 4. The molecule has 0 saturated carbocycles. The topological polar surface area (TPSA) is 35.2 Å². The van der Waals surface area contributed by atoms with E-state index in [1.54, 1.807) is 30.3 Å². The third-order valence-corrected chi connectivity index (χ3v) is 2.86. The Morgan fingerprint density at radius 1 is 1.21 bits per heavy atom. The molecule has 2 N–H and O–H groups in total. The highest BCUT2D eigenvalue weighted by Crippen LogP contribution is 2.30. The third kappa shape index (κ3) is 3.69. The minimum Gasteiger partial charge on any atom is -0.454 e. The van der Waals surface area contributed by atoms with Gasteiger partial charge in [0.2, 0.25) is 0 Å². The molecule has 1 unspecified atom stereocenters. The Morgan fingerprint density at radius 3 is 2.63 bits per heavy atom. The van der Waals surface area contributed by atoms with E-state index < -0.39 is 5.82 Å². The van der Waals surface area contributed by atoms with Crippen molar-refractivity contribution in [3.05, 3.63) is 58.9 Å². The van der Waals surface area contributed by atoms with Gasteiger partial charge in [-0.2, -0.15) is 0 Å². The van der Waals surface area contributed by atoms with Crippen LogP contribution in [0.4, 0.5) is 4.39 Å². The van der Waals surface area contributed by atoms with E-state index in [0.29, 0.717) is 17.2 Å². The molecule has 0 aliphatic heterocycles. The van der Waals surface area contributed by atoms with E-state index >= 15 is 0 Å². The summed E-state index contributed by atoms with van der Waals surface area (Å²) in [4.78, 5) is 0. The summed E-state index contributed by atoms with van der Waals surface area (Å²) in [6.45, 7) is 1.90. The molecule has 100 valence electrons. The fourth-order valence-corrected chi connectivity index (χ4v) is 1.95. The SMILES string of the molecule is CC(N)Cc1ccc(Cl)cc1Oc1ccccc1F. The molecule has 0 fully saturated rings. The molecule has 0 heterocycles. The number of hydrogen-bond donors (Lipinski definition) is 1. The van der Waals surface area contributed by atoms with Crippen molar-refractivity contribution in [3.63, 3.8) is 0 Å². The highest BCUT2D eigenvalue weighted by molar-refractivity contribution is 6.30. The number of ether oxygens (including phenoxy) is 1. The Balaban J connectivity index is 2.33. The number of halogens is 2. The van der Waals surface area contributed by atoms with E-state index in [-0.39, 0.29) is 11.8 Å². The molecule has 0 aliphatic carbocycles. The van der Waals surface area contributed by atoms with E-state index in [1.165, 1.54) is 6.07 Å². The van der Waals surface area contributed by atoms with Crippen molar-refractivity contribution in [2.24, 2.45) is 5.73 Å². The van der Waals surface area contributed by atoms with Crippen molar-refractivity contribution in [1.29, 1.82) is 0 Å². The maximum atomic E-state index is 13.6. The van der Waals surface area contributed by atoms with E-state index in [1.807, 2.05) is 13.0 Å². The summed E-state index contributed by atoms with van der Waals surface area (Å²) in [6, 6.07) is 11.5. The summed E-state index contributed by atoms with van der Waals surface area (Å²) >= 11 is 5.95. The van der Waals surface area contributed by atoms with Crippen molar-refractivity contribution in [2.75, 3.05) is 0 Å². The predicted molar refractivity (Wildman–Crippen MR) is 75.3 cm³/mol. The van der Waals surface area contributed by atoms with Crippen LogP contribution < -0.4 is 10.5 Å². The first-order valence-corrected chi connectivity index (χ1v) is 6.40. The molecular formula is C15H15ClFNO. The van der Waals surface area contributed by atoms with Crippen LogP contribution in [-0.2, 0) is 6.42 Å². The number of benzene rings is 2. The summed E-state index contributed by atoms with van der Waals surface area (Å²) in [7, 11) is 0. The van der Waals surface area contributed by atoms with E-state index in [0.717, 1.165) is 5.56 Å². The quantitative estimate of drug-likeness (QED) is 0.912. The Morgan fingerprint density at radius 2 is 1.95 bits per heavy atom. The maximum absolute atomic E-state index is 13.6. The van der Waals surface area contributed by atoms with Gasteiger partial charge in [0.25, 0.3) is 0 Å². The Hall–Kier alpha value is -1.58. The summed E-state index contributed by atoms with van der Waals surface area (Å²) in [5.41, 5.74) is 6.70. The summed E-state index contributed by atoms with van der Waals surface area (Å²) in [5.74, 6) is 0.305. The van der Waals surface area contributed by atoms with Gasteiger partial charge >= 0.3 is 0 Å². The molecule has 2 aromatic carbocycles. The van der Waals surface area contributed by atoms with E-state index in [2.05, 4.69) is 0 Å². The summed E-state index contributed by atoms with van der Waals surface area (Å²) in [6.07, 6.45) is 0.640. The third-order valence-electron chi connectivity index (χ3n) is 2.63. The first-order valence-electron chi connectivity index (χ1n) is 6.02. The van der Waals surface area contributed by atoms with Gasteiger partial charge in [0.15, 0.2) is 11.6 Å². The number of para-hydroxylation sites is 1. The fraction of sp³-hybridized carbons (Fsp3) is 0.200. The zero-order chi connectivity index (χ0) is 13.8. The zero-order valence-corrected chi connectivity index (χ0v) is 11.3. The lowest BCUT2D eigenvalue weighted by molar-refractivity contribution is 0.436. The van der Waals surface area contributed by atoms with Crippen LogP contribution in [0.15, 0.2) is 42.5 Å². The molecule has 0 aliphatic rings. The van der Waals surface area contributed by atoms with Crippen LogP contribution in [0.1, 0.15) is 12.5 Å². The molecule has 0 aromatic heterocycles. The molecule has 1 atom stereocenters. The minimum absolute atomic E-state index is 0.0101. The second kappa shape index (κ2) is 6.04. The Bertz CT molecular complexity index is 572. The van der Waals surface area contributed by atoms with Gasteiger partial charge in [-0.05, 0) is 43.2 Å². The minimum atomic E-state index is -0.408. The van der Waals surface area contributed by atoms with Crippen LogP contribution in [0.3, 0.4) is 0 Å². The lowest BCUT2D eigenvalue weighted by Gasteiger charge is -2.13. The molecule has 2 rings (SSSR count). The second-order valence-corrected chi connectivity index (χ2v) is 4.90. The van der Waals surface area contributed by atoms with Gasteiger partial charge < -0.3 is 10.5 Å². The first-order chi connectivity index (χ1) is 9.06. The molecule has 0 amide bonds. The van der Waals surface area contributed by atoms with Gasteiger partial charge in [-0.15, -0.1) is 0 Å². The molecule has 0 radical (unpaired) electrons. The van der Waals surface area contributed by atoms with Gasteiger partial charge in [0.05, 0.1) is 0 Å². The van der Waals surface area contributed by atoms with Crippen molar-refractivity contribution in [1.82, 2.24) is 0 Å². The Kier molecular flexibility index (Phi) is 4.40. The molecule has 4 heteroatoms. The van der Waals surface area contributed by atoms with Crippen LogP contribution >= 0.6 is 11.6 Å². The van der Waals surface area contributed by atoms with Crippen molar-refractivity contribution < 1.29 is 9.13 Å². The standard InChI is InChI=1S/C15H15ClFNO/c1-10(18)8-11-6-7-12(16)9-15(11)19-14-5-3-2-4-13(14)17/h2-7,9-10H,8,18H2,1H3. The lowest BCUT2D eigenvalue weighted by Crippen LogP contribution is -2.18. The van der Waals surface area contributed by atoms with Crippen molar-refractivity contribution >= 4 is 11.6 Å². The highest BCUT2D eigenvalue weighted by Gasteiger charge is 2.10. The normalized spacial score (nSPS) is 12.2. The van der Waals surface area contributed by atoms with Gasteiger partial charge in [-0.25, -0.2) is 4.39 Å². The van der Waals surface area contributed by atoms with E-state index in [9.17, 15) is 4.39 Å². The van der Waals surface area contributed by atoms with Gasteiger partial charge in [-0.1, -0.05) is 29.8 Å². The monoisotopic (exact) mass is 279 g/mol. The fourth-order valence-electron chi connectivity index (χ4n) is 1.78. The molecule has 2 nitrogen and oxygen atoms in total. The van der Waals surface area contributed by atoms with Crippen LogP contribution in [0.5, 0.6) is 11.5 Å². The number of nitrogens with two attached hydrogens (primary N) is 1. The second-order valence-electron chi connectivity index (χ2n) is 4.47. The summed E-state index contributed by atoms with van der Waals surface area (Å²) in [5, 5.41) is 0.541. The average molecular weight is 280 g/mol. The zero-order valence-electron chi connectivity index (χ0n) is 10.6. The highest BCUT2D eigenvalue weighted by atomic mass is 35.5. The first kappa shape index (κ1) is 13.8. The largest absolute Gasteiger partial charge is 0.454 e. The maximum Gasteiger partial charge on any atom is 0.165 e. The molecule has 0 spiro atoms. The molecule has 19 heavy (non-hydrogen) atoms. The molecule has 0 bridgehead atoms. The molecule has 0 saturated heterocycles. The smallest absolute Gasteiger partial charge is 0.165 e. The number of hydrogen-bond acceptors (Lipinski definition) is 2. The van der Waals surface area contributed by atoms with Crippen molar-refractivity contribution in [2.45, 2.75) is 19.4 Å². The predicted octanol–water partition coefficient (Wildman–Crippen LogP) is 4.16. The van der Waals surface area contributed by atoms with Gasteiger partial charge in [0.1, 0.15) is 5.75 Å².